The zero-order valence-corrected chi connectivity index (χ0v) is 12.2. The Morgan fingerprint density at radius 2 is 1.89 bits per heavy atom. The third kappa shape index (κ3) is 2.53. The summed E-state index contributed by atoms with van der Waals surface area (Å²) in [4.78, 5) is 0.955. The van der Waals surface area contributed by atoms with Gasteiger partial charge in [-0.2, -0.15) is 8.42 Å². The molecule has 2 aromatic rings. The van der Waals surface area contributed by atoms with Crippen LogP contribution >= 0.6 is 11.3 Å². The summed E-state index contributed by atoms with van der Waals surface area (Å²) in [6, 6.07) is 8.92. The van der Waals surface area contributed by atoms with Gasteiger partial charge in [-0.05, 0) is 61.6 Å². The molecule has 1 heterocycles. The molecule has 3 rings (SSSR count). The minimum atomic E-state index is -3.69. The molecule has 0 saturated carbocycles. The van der Waals surface area contributed by atoms with E-state index >= 15 is 0 Å². The highest BCUT2D eigenvalue weighted by Crippen LogP contribution is 2.29. The predicted molar refractivity (Wildman–Crippen MR) is 75.3 cm³/mol. The Balaban J connectivity index is 1.89. The van der Waals surface area contributed by atoms with E-state index in [1.165, 1.54) is 22.5 Å². The standard InChI is InChI=1S/C14H14O3S2/c1-10-5-8-14(18-10)19(15,16)17-13-7-6-11-3-2-4-12(11)9-13/h5-9H,2-4H2,1H3. The van der Waals surface area contributed by atoms with Gasteiger partial charge in [0.15, 0.2) is 4.21 Å². The normalized spacial score (nSPS) is 14.4. The van der Waals surface area contributed by atoms with Gasteiger partial charge < -0.3 is 4.18 Å². The van der Waals surface area contributed by atoms with Crippen LogP contribution in [0.25, 0.3) is 0 Å². The maximum absolute atomic E-state index is 12.1. The summed E-state index contributed by atoms with van der Waals surface area (Å²) < 4.78 is 29.7. The molecular weight excluding hydrogens is 280 g/mol. The second-order valence-electron chi connectivity index (χ2n) is 4.69. The predicted octanol–water partition coefficient (Wildman–Crippen LogP) is 3.31. The first-order valence-corrected chi connectivity index (χ1v) is 8.40. The van der Waals surface area contributed by atoms with Crippen LogP contribution in [0.2, 0.25) is 0 Å². The van der Waals surface area contributed by atoms with Crippen molar-refractivity contribution in [3.05, 3.63) is 46.3 Å². The Bertz CT molecular complexity index is 714. The molecule has 100 valence electrons. The number of rotatable bonds is 3. The smallest absolute Gasteiger partial charge is 0.348 e. The summed E-state index contributed by atoms with van der Waals surface area (Å²) in [5.41, 5.74) is 2.51. The van der Waals surface area contributed by atoms with E-state index in [1.54, 1.807) is 18.2 Å². The molecule has 0 N–H and O–H groups in total. The summed E-state index contributed by atoms with van der Waals surface area (Å²) >= 11 is 1.23. The molecule has 0 bridgehead atoms. The third-order valence-corrected chi connectivity index (χ3v) is 5.94. The molecule has 0 unspecified atom stereocenters. The summed E-state index contributed by atoms with van der Waals surface area (Å²) in [5.74, 6) is 0.409. The Hall–Kier alpha value is -1.33. The Kier molecular flexibility index (Phi) is 3.11. The topological polar surface area (TPSA) is 43.4 Å². The molecule has 1 aromatic heterocycles. The Labute approximate surface area is 117 Å². The van der Waals surface area contributed by atoms with Crippen molar-refractivity contribution in [2.45, 2.75) is 30.4 Å². The van der Waals surface area contributed by atoms with E-state index in [9.17, 15) is 8.42 Å². The van der Waals surface area contributed by atoms with E-state index in [4.69, 9.17) is 4.18 Å². The van der Waals surface area contributed by atoms with Crippen molar-refractivity contribution >= 4 is 21.5 Å². The minimum Gasteiger partial charge on any atom is -0.378 e. The molecule has 1 aliphatic rings. The zero-order valence-electron chi connectivity index (χ0n) is 10.5. The first-order chi connectivity index (χ1) is 9.04. The second kappa shape index (κ2) is 4.65. The SMILES string of the molecule is Cc1ccc(S(=O)(=O)Oc2ccc3c(c2)CCC3)s1. The highest BCUT2D eigenvalue weighted by molar-refractivity contribution is 7.89. The number of fused-ring (bicyclic) bond motifs is 1. The van der Waals surface area contributed by atoms with Crippen molar-refractivity contribution in [2.24, 2.45) is 0 Å². The molecule has 1 aromatic carbocycles. The lowest BCUT2D eigenvalue weighted by Crippen LogP contribution is -2.08. The van der Waals surface area contributed by atoms with E-state index < -0.39 is 10.1 Å². The fourth-order valence-electron chi connectivity index (χ4n) is 2.31. The molecule has 0 atom stereocenters. The van der Waals surface area contributed by atoms with Crippen molar-refractivity contribution in [1.82, 2.24) is 0 Å². The number of aryl methyl sites for hydroxylation is 3. The van der Waals surface area contributed by atoms with Crippen LogP contribution < -0.4 is 4.18 Å². The summed E-state index contributed by atoms with van der Waals surface area (Å²) in [6.07, 6.45) is 3.22. The van der Waals surface area contributed by atoms with Gasteiger partial charge in [-0.3, -0.25) is 0 Å². The van der Waals surface area contributed by atoms with Crippen LogP contribution in [0.4, 0.5) is 0 Å². The third-order valence-electron chi connectivity index (χ3n) is 3.24. The number of hydrogen-bond acceptors (Lipinski definition) is 4. The fraction of sp³-hybridized carbons (Fsp3) is 0.286. The van der Waals surface area contributed by atoms with Crippen molar-refractivity contribution < 1.29 is 12.6 Å². The lowest BCUT2D eigenvalue weighted by atomic mass is 10.1. The van der Waals surface area contributed by atoms with Gasteiger partial charge in [0, 0.05) is 4.88 Å². The van der Waals surface area contributed by atoms with Crippen molar-refractivity contribution in [1.29, 1.82) is 0 Å². The monoisotopic (exact) mass is 294 g/mol. The quantitative estimate of drug-likeness (QED) is 0.816. The fourth-order valence-corrected chi connectivity index (χ4v) is 4.48. The maximum Gasteiger partial charge on any atom is 0.348 e. The molecule has 3 nitrogen and oxygen atoms in total. The van der Waals surface area contributed by atoms with Crippen molar-refractivity contribution in [3.8, 4) is 5.75 Å². The van der Waals surface area contributed by atoms with Gasteiger partial charge in [0.05, 0.1) is 0 Å². The first kappa shape index (κ1) is 12.7. The highest BCUT2D eigenvalue weighted by atomic mass is 32.3. The molecule has 1 aliphatic carbocycles. The van der Waals surface area contributed by atoms with Crippen LogP contribution in [0.1, 0.15) is 22.4 Å². The lowest BCUT2D eigenvalue weighted by molar-refractivity contribution is 0.488. The molecule has 19 heavy (non-hydrogen) atoms. The summed E-state index contributed by atoms with van der Waals surface area (Å²) in [5, 5.41) is 0. The molecule has 0 saturated heterocycles. The van der Waals surface area contributed by atoms with E-state index in [-0.39, 0.29) is 4.21 Å². The van der Waals surface area contributed by atoms with Crippen molar-refractivity contribution in [2.75, 3.05) is 0 Å². The lowest BCUT2D eigenvalue weighted by Gasteiger charge is -2.07. The zero-order chi connectivity index (χ0) is 13.5. The van der Waals surface area contributed by atoms with Gasteiger partial charge in [0.1, 0.15) is 5.75 Å². The second-order valence-corrected chi connectivity index (χ2v) is 7.75. The Morgan fingerprint density at radius 1 is 1.11 bits per heavy atom. The van der Waals surface area contributed by atoms with E-state index in [1.807, 2.05) is 19.1 Å². The molecule has 0 radical (unpaired) electrons. The molecule has 0 spiro atoms. The largest absolute Gasteiger partial charge is 0.378 e. The highest BCUT2D eigenvalue weighted by Gasteiger charge is 2.20. The number of thiophene rings is 1. The number of hydrogen-bond donors (Lipinski definition) is 0. The van der Waals surface area contributed by atoms with E-state index in [0.29, 0.717) is 5.75 Å². The van der Waals surface area contributed by atoms with Crippen LogP contribution in [-0.4, -0.2) is 8.42 Å². The molecule has 0 fully saturated rings. The van der Waals surface area contributed by atoms with Gasteiger partial charge >= 0.3 is 10.1 Å². The van der Waals surface area contributed by atoms with Crippen LogP contribution in [0.15, 0.2) is 34.5 Å². The van der Waals surface area contributed by atoms with E-state index in [2.05, 4.69) is 0 Å². The Morgan fingerprint density at radius 3 is 2.63 bits per heavy atom. The van der Waals surface area contributed by atoms with Crippen LogP contribution in [0.5, 0.6) is 5.75 Å². The molecule has 0 aliphatic heterocycles. The minimum absolute atomic E-state index is 0.255. The first-order valence-electron chi connectivity index (χ1n) is 6.17. The average Bonchev–Trinajstić information content (AvgIpc) is 2.96. The van der Waals surface area contributed by atoms with Crippen LogP contribution in [0, 0.1) is 6.92 Å². The van der Waals surface area contributed by atoms with Gasteiger partial charge in [-0.25, -0.2) is 0 Å². The van der Waals surface area contributed by atoms with Gasteiger partial charge in [0.25, 0.3) is 0 Å². The number of benzene rings is 1. The average molecular weight is 294 g/mol. The summed E-state index contributed by atoms with van der Waals surface area (Å²) in [7, 11) is -3.69. The van der Waals surface area contributed by atoms with Gasteiger partial charge in [0.2, 0.25) is 0 Å². The molecule has 5 heteroatoms. The van der Waals surface area contributed by atoms with Crippen LogP contribution in [0.3, 0.4) is 0 Å². The van der Waals surface area contributed by atoms with Crippen LogP contribution in [-0.2, 0) is 23.0 Å². The molecular formula is C14H14O3S2. The van der Waals surface area contributed by atoms with Gasteiger partial charge in [-0.1, -0.05) is 6.07 Å². The summed E-state index contributed by atoms with van der Waals surface area (Å²) in [6.45, 7) is 1.87. The van der Waals surface area contributed by atoms with Gasteiger partial charge in [-0.15, -0.1) is 11.3 Å². The van der Waals surface area contributed by atoms with Crippen molar-refractivity contribution in [3.63, 3.8) is 0 Å². The maximum atomic E-state index is 12.1. The molecule has 0 amide bonds. The van der Waals surface area contributed by atoms with E-state index in [0.717, 1.165) is 24.1 Å².